The van der Waals surface area contributed by atoms with E-state index < -0.39 is 6.09 Å². The third kappa shape index (κ3) is 3.11. The molecule has 0 bridgehead atoms. The number of rotatable bonds is 1. The molecule has 2 aliphatic rings. The van der Waals surface area contributed by atoms with Crippen LogP contribution in [-0.4, -0.2) is 39.8 Å². The van der Waals surface area contributed by atoms with Crippen LogP contribution in [0, 0.1) is 6.92 Å². The minimum atomic E-state index is -0.832. The van der Waals surface area contributed by atoms with E-state index in [1.54, 1.807) is 0 Å². The van der Waals surface area contributed by atoms with Gasteiger partial charge in [-0.25, -0.2) is 4.79 Å². The molecule has 1 N–H and O–H groups in total. The predicted octanol–water partition coefficient (Wildman–Crippen LogP) is 5.05. The zero-order chi connectivity index (χ0) is 20.0. The second kappa shape index (κ2) is 6.76. The Hall–Kier alpha value is -3.08. The van der Waals surface area contributed by atoms with Crippen LogP contribution in [0.4, 0.5) is 4.79 Å². The van der Waals surface area contributed by atoms with Gasteiger partial charge in [0, 0.05) is 37.5 Å². The van der Waals surface area contributed by atoms with Gasteiger partial charge in [0.25, 0.3) is 0 Å². The van der Waals surface area contributed by atoms with Crippen molar-refractivity contribution in [3.63, 3.8) is 0 Å². The number of nitrogens with zero attached hydrogens (tertiary/aromatic N) is 2. The monoisotopic (exact) mass is 388 g/mol. The molecule has 3 heterocycles. The van der Waals surface area contributed by atoms with Crippen LogP contribution in [0.3, 0.4) is 0 Å². The van der Waals surface area contributed by atoms with Gasteiger partial charge < -0.3 is 14.7 Å². The number of piperidine rings is 1. The van der Waals surface area contributed by atoms with Crippen molar-refractivity contribution < 1.29 is 14.6 Å². The molecule has 1 aromatic heterocycles. The highest BCUT2D eigenvalue weighted by molar-refractivity contribution is 5.88. The van der Waals surface area contributed by atoms with Crippen LogP contribution in [0.15, 0.2) is 48.7 Å². The third-order valence-electron chi connectivity index (χ3n) is 6.52. The third-order valence-corrected chi connectivity index (χ3v) is 6.52. The van der Waals surface area contributed by atoms with Crippen molar-refractivity contribution in [2.24, 2.45) is 0 Å². The lowest BCUT2D eigenvalue weighted by Gasteiger charge is -2.44. The van der Waals surface area contributed by atoms with Crippen molar-refractivity contribution in [3.8, 4) is 16.9 Å². The van der Waals surface area contributed by atoms with E-state index in [9.17, 15) is 9.90 Å². The Kier molecular flexibility index (Phi) is 4.19. The topological polar surface area (TPSA) is 62.7 Å². The average molecular weight is 388 g/mol. The highest BCUT2D eigenvalue weighted by Crippen LogP contribution is 2.41. The van der Waals surface area contributed by atoms with E-state index in [2.05, 4.69) is 48.3 Å². The number of fused-ring (bicyclic) bond motifs is 2. The molecular weight excluding hydrogens is 364 g/mol. The molecule has 0 unspecified atom stereocenters. The number of ether oxygens (including phenoxy) is 1. The highest BCUT2D eigenvalue weighted by Gasteiger charge is 2.40. The van der Waals surface area contributed by atoms with E-state index in [-0.39, 0.29) is 5.60 Å². The Morgan fingerprint density at radius 1 is 1.14 bits per heavy atom. The van der Waals surface area contributed by atoms with Gasteiger partial charge in [-0.05, 0) is 60.2 Å². The van der Waals surface area contributed by atoms with Gasteiger partial charge in [-0.3, -0.25) is 4.98 Å². The first-order chi connectivity index (χ1) is 14.0. The first-order valence-electron chi connectivity index (χ1n) is 10.2. The fraction of sp³-hybridized carbons (Fsp3) is 0.333. The smallest absolute Gasteiger partial charge is 0.407 e. The van der Waals surface area contributed by atoms with E-state index in [4.69, 9.17) is 4.74 Å². The number of hydrogen-bond acceptors (Lipinski definition) is 3. The van der Waals surface area contributed by atoms with E-state index in [1.165, 1.54) is 27.2 Å². The second-order valence-electron chi connectivity index (χ2n) is 8.19. The number of hydrogen-bond donors (Lipinski definition) is 1. The lowest BCUT2D eigenvalue weighted by atomic mass is 9.82. The van der Waals surface area contributed by atoms with Crippen LogP contribution in [0.1, 0.15) is 30.4 Å². The highest BCUT2D eigenvalue weighted by atomic mass is 16.5. The Labute approximate surface area is 169 Å². The molecule has 1 amide bonds. The van der Waals surface area contributed by atoms with Crippen LogP contribution < -0.4 is 4.74 Å². The summed E-state index contributed by atoms with van der Waals surface area (Å²) in [6.45, 7) is 3.23. The lowest BCUT2D eigenvalue weighted by Crippen LogP contribution is -2.50. The summed E-state index contributed by atoms with van der Waals surface area (Å²) in [5, 5.41) is 10.3. The number of carboxylic acid groups (broad SMARTS) is 1. The van der Waals surface area contributed by atoms with Gasteiger partial charge >= 0.3 is 6.09 Å². The summed E-state index contributed by atoms with van der Waals surface area (Å²) in [7, 11) is 0. The Balaban J connectivity index is 1.42. The van der Waals surface area contributed by atoms with Crippen molar-refractivity contribution in [1.29, 1.82) is 0 Å². The molecule has 5 heteroatoms. The summed E-state index contributed by atoms with van der Waals surface area (Å²) < 4.78 is 6.45. The lowest BCUT2D eigenvalue weighted by molar-refractivity contribution is -0.0103. The number of aromatic nitrogens is 1. The second-order valence-corrected chi connectivity index (χ2v) is 8.19. The van der Waals surface area contributed by atoms with Crippen LogP contribution in [0.2, 0.25) is 0 Å². The van der Waals surface area contributed by atoms with E-state index in [1.807, 2.05) is 12.3 Å². The van der Waals surface area contributed by atoms with Crippen LogP contribution in [0.5, 0.6) is 5.75 Å². The summed E-state index contributed by atoms with van der Waals surface area (Å²) in [6.07, 6.45) is 4.43. The van der Waals surface area contributed by atoms with Crippen molar-refractivity contribution in [2.75, 3.05) is 13.1 Å². The molecule has 3 aromatic rings. The fourth-order valence-electron chi connectivity index (χ4n) is 4.75. The number of carbonyl (C=O) groups is 1. The molecule has 0 saturated carbocycles. The number of aryl methyl sites for hydroxylation is 2. The van der Waals surface area contributed by atoms with Crippen molar-refractivity contribution >= 4 is 17.0 Å². The Morgan fingerprint density at radius 3 is 2.76 bits per heavy atom. The molecule has 1 spiro atoms. The van der Waals surface area contributed by atoms with Crippen molar-refractivity contribution in [1.82, 2.24) is 9.88 Å². The van der Waals surface area contributed by atoms with Crippen molar-refractivity contribution in [3.05, 3.63) is 59.8 Å². The minimum absolute atomic E-state index is 0.219. The molecule has 148 valence electrons. The maximum atomic E-state index is 11.2. The van der Waals surface area contributed by atoms with Crippen LogP contribution >= 0.6 is 0 Å². The zero-order valence-electron chi connectivity index (χ0n) is 16.5. The average Bonchev–Trinajstić information content (AvgIpc) is 2.74. The summed E-state index contributed by atoms with van der Waals surface area (Å²) >= 11 is 0. The number of benzene rings is 2. The van der Waals surface area contributed by atoms with Gasteiger partial charge in [0.2, 0.25) is 0 Å². The van der Waals surface area contributed by atoms with E-state index >= 15 is 0 Å². The molecule has 1 saturated heterocycles. The molecule has 0 aliphatic carbocycles. The molecule has 5 rings (SSSR count). The number of pyridine rings is 1. The first kappa shape index (κ1) is 18.0. The van der Waals surface area contributed by atoms with Gasteiger partial charge in [-0.1, -0.05) is 24.3 Å². The fourth-order valence-corrected chi connectivity index (χ4v) is 4.75. The standard InChI is InChI=1S/C24H24N2O3/c1-16-20(6-4-17-3-2-12-25-22(16)17)18-5-7-21-19(15-18)8-9-24(29-21)10-13-26(14-11-24)23(27)28/h2-7,12,15H,8-11,13-14H2,1H3,(H,27,28). The normalized spacial score (nSPS) is 17.8. The summed E-state index contributed by atoms with van der Waals surface area (Å²) in [5.74, 6) is 0.945. The first-order valence-corrected chi connectivity index (χ1v) is 10.2. The maximum Gasteiger partial charge on any atom is 0.407 e. The predicted molar refractivity (Wildman–Crippen MR) is 112 cm³/mol. The van der Waals surface area contributed by atoms with Gasteiger partial charge in [-0.15, -0.1) is 0 Å². The largest absolute Gasteiger partial charge is 0.487 e. The molecule has 0 radical (unpaired) electrons. The Bertz CT molecular complexity index is 1100. The summed E-state index contributed by atoms with van der Waals surface area (Å²) in [4.78, 5) is 17.2. The SMILES string of the molecule is Cc1c(-c2ccc3c(c2)CCC2(CCN(C(=O)O)CC2)O3)ccc2cccnc12. The van der Waals surface area contributed by atoms with E-state index in [0.29, 0.717) is 13.1 Å². The van der Waals surface area contributed by atoms with Gasteiger partial charge in [0.15, 0.2) is 0 Å². The zero-order valence-corrected chi connectivity index (χ0v) is 16.5. The number of amides is 1. The van der Waals surface area contributed by atoms with Gasteiger partial charge in [0.1, 0.15) is 11.4 Å². The minimum Gasteiger partial charge on any atom is -0.487 e. The van der Waals surface area contributed by atoms with Gasteiger partial charge in [0.05, 0.1) is 5.52 Å². The maximum absolute atomic E-state index is 11.2. The molecule has 1 fully saturated rings. The Morgan fingerprint density at radius 2 is 1.97 bits per heavy atom. The summed E-state index contributed by atoms with van der Waals surface area (Å²) in [6, 6.07) is 14.8. The molecule has 2 aromatic carbocycles. The van der Waals surface area contributed by atoms with Gasteiger partial charge in [-0.2, -0.15) is 0 Å². The summed E-state index contributed by atoms with van der Waals surface area (Å²) in [5.41, 5.74) is 5.64. The van der Waals surface area contributed by atoms with Crippen molar-refractivity contribution in [2.45, 2.75) is 38.2 Å². The van der Waals surface area contributed by atoms with E-state index in [0.717, 1.165) is 42.3 Å². The number of likely N-dealkylation sites (tertiary alicyclic amines) is 1. The van der Waals surface area contributed by atoms with Crippen LogP contribution in [-0.2, 0) is 6.42 Å². The molecule has 2 aliphatic heterocycles. The molecule has 29 heavy (non-hydrogen) atoms. The quantitative estimate of drug-likeness (QED) is 0.634. The molecule has 0 atom stereocenters. The molecule has 5 nitrogen and oxygen atoms in total. The van der Waals surface area contributed by atoms with Crippen LogP contribution in [0.25, 0.3) is 22.0 Å². The molecular formula is C24H24N2O3.